The molecule has 2 rings (SSSR count). The average molecular weight is 268 g/mol. The summed E-state index contributed by atoms with van der Waals surface area (Å²) < 4.78 is 0. The lowest BCUT2D eigenvalue weighted by Crippen LogP contribution is -2.40. The van der Waals surface area contributed by atoms with E-state index in [1.165, 1.54) is 37.3 Å². The van der Waals surface area contributed by atoms with E-state index in [1.807, 2.05) is 11.8 Å². The van der Waals surface area contributed by atoms with Gasteiger partial charge in [0.1, 0.15) is 0 Å². The first-order valence-corrected chi connectivity index (χ1v) is 8.42. The maximum atomic E-state index is 4.73. The predicted molar refractivity (Wildman–Crippen MR) is 82.3 cm³/mol. The highest BCUT2D eigenvalue weighted by Crippen LogP contribution is 2.38. The number of thioether (sulfide) groups is 1. The molecule has 0 aromatic carbocycles. The summed E-state index contributed by atoms with van der Waals surface area (Å²) in [4.78, 5) is 4.73. The van der Waals surface area contributed by atoms with Gasteiger partial charge in [-0.3, -0.25) is 4.99 Å². The van der Waals surface area contributed by atoms with Crippen molar-refractivity contribution in [2.24, 2.45) is 16.3 Å². The smallest absolute Gasteiger partial charge is 0.157 e. The number of nitrogens with one attached hydrogen (secondary N) is 1. The molecular weight excluding hydrogens is 240 g/mol. The summed E-state index contributed by atoms with van der Waals surface area (Å²) in [5.41, 5.74) is 0.441. The molecule has 0 spiro atoms. The van der Waals surface area contributed by atoms with Gasteiger partial charge in [0.15, 0.2) is 5.17 Å². The van der Waals surface area contributed by atoms with Gasteiger partial charge in [0.05, 0.1) is 6.54 Å². The fourth-order valence-corrected chi connectivity index (χ4v) is 4.65. The molecule has 1 fully saturated rings. The van der Waals surface area contributed by atoms with Crippen molar-refractivity contribution in [1.82, 2.24) is 5.32 Å². The van der Waals surface area contributed by atoms with Gasteiger partial charge in [-0.05, 0) is 24.2 Å². The van der Waals surface area contributed by atoms with Crippen molar-refractivity contribution in [3.05, 3.63) is 0 Å². The Labute approximate surface area is 116 Å². The van der Waals surface area contributed by atoms with Crippen LogP contribution < -0.4 is 5.32 Å². The Morgan fingerprint density at radius 1 is 1.39 bits per heavy atom. The SMILES string of the molecule is CCC(CC)C1CN=C(NC2CCCC2(C)C)S1. The first-order chi connectivity index (χ1) is 8.56. The summed E-state index contributed by atoms with van der Waals surface area (Å²) in [5.74, 6) is 0.828. The molecule has 0 aromatic heterocycles. The third-order valence-corrected chi connectivity index (χ3v) is 6.11. The van der Waals surface area contributed by atoms with Crippen molar-refractivity contribution >= 4 is 16.9 Å². The van der Waals surface area contributed by atoms with E-state index in [-0.39, 0.29) is 0 Å². The second kappa shape index (κ2) is 5.85. The van der Waals surface area contributed by atoms with Crippen LogP contribution in [0.5, 0.6) is 0 Å². The van der Waals surface area contributed by atoms with E-state index >= 15 is 0 Å². The monoisotopic (exact) mass is 268 g/mol. The molecule has 2 atom stereocenters. The Balaban J connectivity index is 1.86. The van der Waals surface area contributed by atoms with Crippen LogP contribution in [0.3, 0.4) is 0 Å². The van der Waals surface area contributed by atoms with Crippen molar-refractivity contribution in [3.63, 3.8) is 0 Å². The molecule has 104 valence electrons. The van der Waals surface area contributed by atoms with Crippen molar-refractivity contribution in [2.45, 2.75) is 71.1 Å². The number of hydrogen-bond acceptors (Lipinski definition) is 3. The maximum absolute atomic E-state index is 4.73. The molecule has 1 aliphatic carbocycles. The summed E-state index contributed by atoms with van der Waals surface area (Å²) in [6, 6.07) is 0.629. The van der Waals surface area contributed by atoms with E-state index in [4.69, 9.17) is 4.99 Å². The molecule has 0 aromatic rings. The van der Waals surface area contributed by atoms with Gasteiger partial charge in [-0.2, -0.15) is 0 Å². The Bertz CT molecular complexity index is 308. The zero-order chi connectivity index (χ0) is 13.2. The topological polar surface area (TPSA) is 24.4 Å². The minimum atomic E-state index is 0.441. The van der Waals surface area contributed by atoms with Crippen LogP contribution in [0.25, 0.3) is 0 Å². The van der Waals surface area contributed by atoms with Crippen LogP contribution in [-0.2, 0) is 0 Å². The Hall–Kier alpha value is -0.180. The Kier molecular flexibility index (Phi) is 4.63. The largest absolute Gasteiger partial charge is 0.362 e. The van der Waals surface area contributed by atoms with Crippen molar-refractivity contribution < 1.29 is 0 Å². The average Bonchev–Trinajstić information content (AvgIpc) is 2.90. The number of amidine groups is 1. The van der Waals surface area contributed by atoms with Crippen LogP contribution in [0.2, 0.25) is 0 Å². The normalized spacial score (nSPS) is 30.8. The van der Waals surface area contributed by atoms with Crippen molar-refractivity contribution in [2.75, 3.05) is 6.54 Å². The number of nitrogens with zero attached hydrogens (tertiary/aromatic N) is 1. The van der Waals surface area contributed by atoms with Crippen molar-refractivity contribution in [1.29, 1.82) is 0 Å². The van der Waals surface area contributed by atoms with Crippen LogP contribution in [0, 0.1) is 11.3 Å². The Morgan fingerprint density at radius 3 is 2.67 bits per heavy atom. The highest BCUT2D eigenvalue weighted by Gasteiger charge is 2.36. The van der Waals surface area contributed by atoms with Gasteiger partial charge in [0.2, 0.25) is 0 Å². The lowest BCUT2D eigenvalue weighted by molar-refractivity contribution is 0.312. The second-order valence-corrected chi connectivity index (χ2v) is 7.68. The van der Waals surface area contributed by atoms with Crippen LogP contribution in [0.15, 0.2) is 4.99 Å². The standard InChI is InChI=1S/C15H28N2S/c1-5-11(6-2)12-10-16-14(18-12)17-13-8-7-9-15(13,3)4/h11-13H,5-10H2,1-4H3,(H,16,17). The Morgan fingerprint density at radius 2 is 2.11 bits per heavy atom. The summed E-state index contributed by atoms with van der Waals surface area (Å²) in [7, 11) is 0. The molecule has 0 bridgehead atoms. The molecule has 3 heteroatoms. The number of rotatable bonds is 4. The van der Waals surface area contributed by atoms with E-state index in [0.29, 0.717) is 16.7 Å². The van der Waals surface area contributed by atoms with E-state index in [1.54, 1.807) is 0 Å². The van der Waals surface area contributed by atoms with Gasteiger partial charge in [0.25, 0.3) is 0 Å². The molecule has 1 N–H and O–H groups in total. The molecule has 2 aliphatic rings. The summed E-state index contributed by atoms with van der Waals surface area (Å²) >= 11 is 1.99. The quantitative estimate of drug-likeness (QED) is 0.831. The van der Waals surface area contributed by atoms with Crippen LogP contribution in [0.1, 0.15) is 59.8 Å². The number of hydrogen-bond donors (Lipinski definition) is 1. The zero-order valence-corrected chi connectivity index (χ0v) is 13.1. The van der Waals surface area contributed by atoms with Crippen LogP contribution >= 0.6 is 11.8 Å². The first-order valence-electron chi connectivity index (χ1n) is 7.54. The third kappa shape index (κ3) is 3.04. The minimum absolute atomic E-state index is 0.441. The third-order valence-electron chi connectivity index (χ3n) is 4.81. The zero-order valence-electron chi connectivity index (χ0n) is 12.3. The molecular formula is C15H28N2S. The molecule has 0 radical (unpaired) electrons. The van der Waals surface area contributed by atoms with E-state index in [0.717, 1.165) is 12.5 Å². The van der Waals surface area contributed by atoms with Gasteiger partial charge in [-0.25, -0.2) is 0 Å². The van der Waals surface area contributed by atoms with Gasteiger partial charge in [-0.15, -0.1) is 0 Å². The number of aliphatic imine (C=N–C) groups is 1. The molecule has 1 aliphatic heterocycles. The van der Waals surface area contributed by atoms with Gasteiger partial charge >= 0.3 is 0 Å². The fourth-order valence-electron chi connectivity index (χ4n) is 3.27. The predicted octanol–water partition coefficient (Wildman–Crippen LogP) is 4.06. The van der Waals surface area contributed by atoms with Gasteiger partial charge < -0.3 is 5.32 Å². The minimum Gasteiger partial charge on any atom is -0.362 e. The van der Waals surface area contributed by atoms with Crippen LogP contribution in [-0.4, -0.2) is 23.0 Å². The maximum Gasteiger partial charge on any atom is 0.157 e. The molecule has 2 nitrogen and oxygen atoms in total. The molecule has 0 amide bonds. The highest BCUT2D eigenvalue weighted by molar-refractivity contribution is 8.14. The van der Waals surface area contributed by atoms with E-state index < -0.39 is 0 Å². The summed E-state index contributed by atoms with van der Waals surface area (Å²) in [5, 5.41) is 5.64. The van der Waals surface area contributed by atoms with E-state index in [2.05, 4.69) is 33.0 Å². The lowest BCUT2D eigenvalue weighted by atomic mass is 9.87. The molecule has 1 saturated carbocycles. The van der Waals surface area contributed by atoms with Gasteiger partial charge in [0, 0.05) is 11.3 Å². The molecule has 2 unspecified atom stereocenters. The molecule has 1 heterocycles. The molecule has 0 saturated heterocycles. The highest BCUT2D eigenvalue weighted by atomic mass is 32.2. The molecule has 18 heavy (non-hydrogen) atoms. The van der Waals surface area contributed by atoms with E-state index in [9.17, 15) is 0 Å². The van der Waals surface area contributed by atoms with Gasteiger partial charge in [-0.1, -0.05) is 58.7 Å². The van der Waals surface area contributed by atoms with Crippen LogP contribution in [0.4, 0.5) is 0 Å². The second-order valence-electron chi connectivity index (χ2n) is 6.46. The lowest BCUT2D eigenvalue weighted by Gasteiger charge is -2.28. The first kappa shape index (κ1) is 14.2. The summed E-state index contributed by atoms with van der Waals surface area (Å²) in [6.45, 7) is 10.4. The summed E-state index contributed by atoms with van der Waals surface area (Å²) in [6.07, 6.45) is 6.58. The fraction of sp³-hybridized carbons (Fsp3) is 0.933. The van der Waals surface area contributed by atoms with Crippen molar-refractivity contribution in [3.8, 4) is 0 Å².